The van der Waals surface area contributed by atoms with Crippen LogP contribution in [-0.2, 0) is 9.53 Å². The highest BCUT2D eigenvalue weighted by Crippen LogP contribution is 2.13. The van der Waals surface area contributed by atoms with Crippen LogP contribution in [0.25, 0.3) is 0 Å². The monoisotopic (exact) mass is 98.0 g/mol. The van der Waals surface area contributed by atoms with Gasteiger partial charge < -0.3 is 4.74 Å². The highest BCUT2D eigenvalue weighted by molar-refractivity contribution is 5.55. The van der Waals surface area contributed by atoms with Crippen LogP contribution in [0.4, 0.5) is 0 Å². The lowest BCUT2D eigenvalue weighted by Gasteiger charge is -2.22. The number of hydrogen-bond donors (Lipinski definition) is 0. The third-order valence-electron chi connectivity index (χ3n) is 1.11. The van der Waals surface area contributed by atoms with E-state index in [-0.39, 0.29) is 6.10 Å². The van der Waals surface area contributed by atoms with E-state index in [4.69, 9.17) is 4.74 Å². The van der Waals surface area contributed by atoms with Crippen LogP contribution in [0, 0.1) is 0 Å². The van der Waals surface area contributed by atoms with E-state index in [0.29, 0.717) is 6.61 Å². The van der Waals surface area contributed by atoms with Crippen molar-refractivity contribution in [2.45, 2.75) is 13.0 Å². The van der Waals surface area contributed by atoms with E-state index in [9.17, 15) is 4.79 Å². The Hall–Kier alpha value is -0.590. The van der Waals surface area contributed by atoms with E-state index in [0.717, 1.165) is 5.57 Å². The van der Waals surface area contributed by atoms with Gasteiger partial charge in [0.05, 0.1) is 18.3 Å². The van der Waals surface area contributed by atoms with Crippen molar-refractivity contribution in [3.8, 4) is 0 Å². The van der Waals surface area contributed by atoms with E-state index in [1.165, 1.54) is 0 Å². The van der Waals surface area contributed by atoms with Gasteiger partial charge in [-0.25, -0.2) is 4.79 Å². The molecule has 0 aromatic heterocycles. The molecule has 0 aromatic carbocycles. The van der Waals surface area contributed by atoms with E-state index >= 15 is 0 Å². The molecule has 0 bridgehead atoms. The van der Waals surface area contributed by atoms with Gasteiger partial charge in [0.2, 0.25) is 0 Å². The molecule has 1 aliphatic heterocycles. The summed E-state index contributed by atoms with van der Waals surface area (Å²) in [5.74, 6) is 1.79. The van der Waals surface area contributed by atoms with Gasteiger partial charge in [0.25, 0.3) is 0 Å². The van der Waals surface area contributed by atoms with Gasteiger partial charge in [0.1, 0.15) is 5.94 Å². The standard InChI is InChI=1S/C5H6O2/c1-4-5(2-6)3-7-4/h4H,3H2,1H3. The number of hydrogen-bond acceptors (Lipinski definition) is 2. The molecule has 0 N–H and O–H groups in total. The molecule has 1 atom stereocenters. The minimum absolute atomic E-state index is 0.0394. The predicted octanol–water partition coefficient (Wildman–Crippen LogP) is 0.163. The first-order valence-electron chi connectivity index (χ1n) is 2.20. The predicted molar refractivity (Wildman–Crippen MR) is 24.6 cm³/mol. The molecule has 1 aliphatic rings. The zero-order chi connectivity index (χ0) is 5.28. The summed E-state index contributed by atoms with van der Waals surface area (Å²) in [5.41, 5.74) is 0.750. The first-order chi connectivity index (χ1) is 3.34. The molecule has 0 aliphatic carbocycles. The number of rotatable bonds is 0. The average molecular weight is 98.1 g/mol. The quantitative estimate of drug-likeness (QED) is 0.403. The molecule has 38 valence electrons. The average Bonchev–Trinajstić information content (AvgIpc) is 1.65. The van der Waals surface area contributed by atoms with Crippen LogP contribution in [0.3, 0.4) is 0 Å². The van der Waals surface area contributed by atoms with Gasteiger partial charge in [-0.05, 0) is 6.92 Å². The van der Waals surface area contributed by atoms with Gasteiger partial charge in [-0.3, -0.25) is 0 Å². The van der Waals surface area contributed by atoms with Gasteiger partial charge in [0, 0.05) is 0 Å². The minimum atomic E-state index is 0.0394. The summed E-state index contributed by atoms with van der Waals surface area (Å²) in [6, 6.07) is 0. The number of carbonyl (C=O) groups excluding carboxylic acids is 1. The van der Waals surface area contributed by atoms with Crippen LogP contribution in [0.5, 0.6) is 0 Å². The van der Waals surface area contributed by atoms with E-state index < -0.39 is 0 Å². The summed E-state index contributed by atoms with van der Waals surface area (Å²) in [7, 11) is 0. The first kappa shape index (κ1) is 4.57. The molecule has 1 fully saturated rings. The summed E-state index contributed by atoms with van der Waals surface area (Å²) in [5, 5.41) is 0. The van der Waals surface area contributed by atoms with Crippen LogP contribution < -0.4 is 0 Å². The van der Waals surface area contributed by atoms with Crippen molar-refractivity contribution in [2.75, 3.05) is 6.61 Å². The van der Waals surface area contributed by atoms with Crippen molar-refractivity contribution in [1.29, 1.82) is 0 Å². The smallest absolute Gasteiger partial charge is 0.128 e. The molecule has 1 rings (SSSR count). The Labute approximate surface area is 41.8 Å². The first-order valence-corrected chi connectivity index (χ1v) is 2.20. The highest BCUT2D eigenvalue weighted by atomic mass is 16.5. The molecule has 0 radical (unpaired) electrons. The second kappa shape index (κ2) is 1.49. The topological polar surface area (TPSA) is 26.3 Å². The molecule has 0 spiro atoms. The fraction of sp³-hybridized carbons (Fsp3) is 0.600. The van der Waals surface area contributed by atoms with Gasteiger partial charge in [0.15, 0.2) is 0 Å². The molecule has 1 heterocycles. The zero-order valence-electron chi connectivity index (χ0n) is 4.10. The molecule has 0 amide bonds. The van der Waals surface area contributed by atoms with Crippen molar-refractivity contribution >= 4 is 5.94 Å². The molecule has 7 heavy (non-hydrogen) atoms. The van der Waals surface area contributed by atoms with Gasteiger partial charge in [-0.1, -0.05) is 0 Å². The molecule has 1 unspecified atom stereocenters. The van der Waals surface area contributed by atoms with Crippen LogP contribution in [0.2, 0.25) is 0 Å². The maximum Gasteiger partial charge on any atom is 0.128 e. The van der Waals surface area contributed by atoms with Crippen molar-refractivity contribution < 1.29 is 9.53 Å². The summed E-state index contributed by atoms with van der Waals surface area (Å²) in [6.45, 7) is 2.33. The van der Waals surface area contributed by atoms with Crippen molar-refractivity contribution in [1.82, 2.24) is 0 Å². The summed E-state index contributed by atoms with van der Waals surface area (Å²) in [4.78, 5) is 9.76. The molecular formula is C5H6O2. The van der Waals surface area contributed by atoms with Crippen LogP contribution in [0.1, 0.15) is 6.92 Å². The van der Waals surface area contributed by atoms with Crippen molar-refractivity contribution in [3.05, 3.63) is 5.57 Å². The Bertz CT molecular complexity index is 122. The largest absolute Gasteiger partial charge is 0.368 e. The Morgan fingerprint density at radius 2 is 2.71 bits per heavy atom. The van der Waals surface area contributed by atoms with E-state index in [2.05, 4.69) is 0 Å². The van der Waals surface area contributed by atoms with Crippen LogP contribution in [-0.4, -0.2) is 18.7 Å². The highest BCUT2D eigenvalue weighted by Gasteiger charge is 2.20. The van der Waals surface area contributed by atoms with Gasteiger partial charge >= 0.3 is 0 Å². The second-order valence-electron chi connectivity index (χ2n) is 1.58. The SMILES string of the molecule is CC1OCC1=C=O. The summed E-state index contributed by atoms with van der Waals surface area (Å²) >= 11 is 0. The van der Waals surface area contributed by atoms with E-state index in [1.54, 1.807) is 5.94 Å². The number of ether oxygens (including phenoxy) is 1. The molecule has 2 nitrogen and oxygen atoms in total. The molecule has 1 saturated heterocycles. The molecule has 0 saturated carbocycles. The normalized spacial score (nSPS) is 28.7. The van der Waals surface area contributed by atoms with Gasteiger partial charge in [-0.2, -0.15) is 0 Å². The lowest BCUT2D eigenvalue weighted by Crippen LogP contribution is -2.27. The summed E-state index contributed by atoms with van der Waals surface area (Å²) in [6.07, 6.45) is 0.0394. The molecule has 2 heteroatoms. The van der Waals surface area contributed by atoms with Gasteiger partial charge in [-0.15, -0.1) is 0 Å². The Balaban J connectivity index is 2.60. The van der Waals surface area contributed by atoms with Crippen molar-refractivity contribution in [3.63, 3.8) is 0 Å². The third kappa shape index (κ3) is 0.581. The Morgan fingerprint density at radius 3 is 2.71 bits per heavy atom. The lowest BCUT2D eigenvalue weighted by atomic mass is 10.1. The van der Waals surface area contributed by atoms with E-state index in [1.807, 2.05) is 6.92 Å². The fourth-order valence-electron chi connectivity index (χ4n) is 0.446. The van der Waals surface area contributed by atoms with Crippen molar-refractivity contribution in [2.24, 2.45) is 0 Å². The van der Waals surface area contributed by atoms with Crippen LogP contribution in [0.15, 0.2) is 5.57 Å². The zero-order valence-corrected chi connectivity index (χ0v) is 4.10. The third-order valence-corrected chi connectivity index (χ3v) is 1.11. The summed E-state index contributed by atoms with van der Waals surface area (Å²) < 4.78 is 4.83. The Kier molecular flexibility index (Phi) is 0.970. The lowest BCUT2D eigenvalue weighted by molar-refractivity contribution is 0.0314. The molecule has 0 aromatic rings. The van der Waals surface area contributed by atoms with Crippen LogP contribution >= 0.6 is 0 Å². The Morgan fingerprint density at radius 1 is 2.00 bits per heavy atom. The maximum absolute atomic E-state index is 9.76. The fourth-order valence-corrected chi connectivity index (χ4v) is 0.446. The molecular weight excluding hydrogens is 92.1 g/mol. The maximum atomic E-state index is 9.76. The minimum Gasteiger partial charge on any atom is -0.368 e. The second-order valence-corrected chi connectivity index (χ2v) is 1.58.